The third kappa shape index (κ3) is 8.85. The molecule has 0 aromatic heterocycles. The molecule has 0 aliphatic rings. The number of ketones is 1. The van der Waals surface area contributed by atoms with Crippen molar-refractivity contribution >= 4 is 15.6 Å². The smallest absolute Gasteiger partial charge is 0.150 e. The summed E-state index contributed by atoms with van der Waals surface area (Å²) in [5.74, 6) is 0.355. The van der Waals surface area contributed by atoms with E-state index < -0.39 is 9.84 Å². The number of carbonyl (C=O) groups is 1. The number of rotatable bonds is 10. The third-order valence-corrected chi connectivity index (χ3v) is 4.01. The van der Waals surface area contributed by atoms with Gasteiger partial charge >= 0.3 is 0 Å². The minimum atomic E-state index is -2.93. The van der Waals surface area contributed by atoms with Crippen molar-refractivity contribution < 1.29 is 17.9 Å². The molecule has 0 atom stereocenters. The number of hydrogen-bond donors (Lipinski definition) is 0. The molecule has 0 aromatic carbocycles. The average Bonchev–Trinajstić information content (AvgIpc) is 2.24. The fraction of sp³-hybridized carbons (Fsp3) is 0.909. The fourth-order valence-corrected chi connectivity index (χ4v) is 2.06. The van der Waals surface area contributed by atoms with E-state index in [0.717, 1.165) is 6.42 Å². The molecule has 0 aliphatic carbocycles. The van der Waals surface area contributed by atoms with Crippen LogP contribution >= 0.6 is 0 Å². The van der Waals surface area contributed by atoms with Gasteiger partial charge in [-0.3, -0.25) is 4.79 Å². The van der Waals surface area contributed by atoms with E-state index in [2.05, 4.69) is 0 Å². The first-order chi connectivity index (χ1) is 7.52. The van der Waals surface area contributed by atoms with Crippen LogP contribution < -0.4 is 0 Å². The van der Waals surface area contributed by atoms with Crippen LogP contribution in [0.4, 0.5) is 0 Å². The molecule has 5 heteroatoms. The number of ether oxygens (including phenoxy) is 1. The van der Waals surface area contributed by atoms with E-state index in [4.69, 9.17) is 4.74 Å². The Bertz CT molecular complexity index is 282. The van der Waals surface area contributed by atoms with Gasteiger partial charge in [-0.05, 0) is 12.8 Å². The molecular formula is C11H22O4S. The molecule has 4 nitrogen and oxygen atoms in total. The molecule has 0 amide bonds. The summed E-state index contributed by atoms with van der Waals surface area (Å²) in [7, 11) is -2.93. The highest BCUT2D eigenvalue weighted by Gasteiger charge is 2.09. The van der Waals surface area contributed by atoms with E-state index in [0.29, 0.717) is 32.5 Å². The second-order valence-electron chi connectivity index (χ2n) is 3.74. The highest BCUT2D eigenvalue weighted by atomic mass is 32.2. The van der Waals surface area contributed by atoms with E-state index in [1.54, 1.807) is 6.92 Å². The Morgan fingerprint density at radius 1 is 1.12 bits per heavy atom. The molecular weight excluding hydrogens is 228 g/mol. The summed E-state index contributed by atoms with van der Waals surface area (Å²) < 4.78 is 27.5. The van der Waals surface area contributed by atoms with Crippen molar-refractivity contribution in [1.29, 1.82) is 0 Å². The second kappa shape index (κ2) is 8.70. The van der Waals surface area contributed by atoms with E-state index in [1.165, 1.54) is 0 Å². The van der Waals surface area contributed by atoms with E-state index in [1.807, 2.05) is 6.92 Å². The first kappa shape index (κ1) is 15.6. The molecule has 0 fully saturated rings. The molecule has 0 radical (unpaired) electrons. The first-order valence-corrected chi connectivity index (χ1v) is 7.63. The molecule has 0 bridgehead atoms. The highest BCUT2D eigenvalue weighted by molar-refractivity contribution is 7.91. The van der Waals surface area contributed by atoms with Gasteiger partial charge < -0.3 is 4.74 Å². The van der Waals surface area contributed by atoms with Crippen molar-refractivity contribution in [1.82, 2.24) is 0 Å². The van der Waals surface area contributed by atoms with Crippen molar-refractivity contribution in [2.45, 2.75) is 39.5 Å². The van der Waals surface area contributed by atoms with Gasteiger partial charge in [0, 0.05) is 25.2 Å². The summed E-state index contributed by atoms with van der Waals surface area (Å²) in [5, 5.41) is 0. The number of carbonyl (C=O) groups excluding carboxylic acids is 1. The van der Waals surface area contributed by atoms with Crippen molar-refractivity contribution in [3.8, 4) is 0 Å². The van der Waals surface area contributed by atoms with Gasteiger partial charge in [0.2, 0.25) is 0 Å². The zero-order valence-corrected chi connectivity index (χ0v) is 11.0. The largest absolute Gasteiger partial charge is 0.381 e. The Hall–Kier alpha value is -0.420. The lowest BCUT2D eigenvalue weighted by Gasteiger charge is -2.02. The van der Waals surface area contributed by atoms with Gasteiger partial charge in [-0.2, -0.15) is 0 Å². The van der Waals surface area contributed by atoms with E-state index >= 15 is 0 Å². The first-order valence-electron chi connectivity index (χ1n) is 5.81. The summed E-state index contributed by atoms with van der Waals surface area (Å²) in [6.07, 6.45) is 2.12. The number of hydrogen-bond acceptors (Lipinski definition) is 4. The molecule has 16 heavy (non-hydrogen) atoms. The third-order valence-electron chi connectivity index (χ3n) is 2.22. The zero-order valence-electron chi connectivity index (χ0n) is 10.2. The van der Waals surface area contributed by atoms with Gasteiger partial charge in [-0.15, -0.1) is 0 Å². The minimum absolute atomic E-state index is 0.0856. The standard InChI is InChI=1S/C11H22O4S/c1-3-8-15-9-7-11(12)6-5-10-16(13,14)4-2/h3-10H2,1-2H3. The summed E-state index contributed by atoms with van der Waals surface area (Å²) in [5.41, 5.74) is 0. The Morgan fingerprint density at radius 3 is 2.38 bits per heavy atom. The van der Waals surface area contributed by atoms with Crippen LogP contribution in [0.25, 0.3) is 0 Å². The summed E-state index contributed by atoms with van der Waals surface area (Å²) in [4.78, 5) is 11.3. The molecule has 0 rings (SSSR count). The van der Waals surface area contributed by atoms with Gasteiger partial charge in [0.25, 0.3) is 0 Å². The number of Topliss-reactive ketones (excluding diaryl/α,β-unsaturated/α-hetero) is 1. The van der Waals surface area contributed by atoms with Crippen LogP contribution in [-0.4, -0.2) is 38.9 Å². The summed E-state index contributed by atoms with van der Waals surface area (Å²) >= 11 is 0. The van der Waals surface area contributed by atoms with Gasteiger partial charge in [0.1, 0.15) is 15.6 Å². The Labute approximate surface area is 98.3 Å². The lowest BCUT2D eigenvalue weighted by atomic mass is 10.2. The predicted molar refractivity (Wildman–Crippen MR) is 64.3 cm³/mol. The van der Waals surface area contributed by atoms with Crippen LogP contribution in [0.5, 0.6) is 0 Å². The monoisotopic (exact) mass is 250 g/mol. The van der Waals surface area contributed by atoms with Gasteiger partial charge in [-0.25, -0.2) is 8.42 Å². The molecule has 0 aliphatic heterocycles. The topological polar surface area (TPSA) is 60.4 Å². The lowest BCUT2D eigenvalue weighted by molar-refractivity contribution is -0.120. The second-order valence-corrected chi connectivity index (χ2v) is 6.21. The Kier molecular flexibility index (Phi) is 8.47. The van der Waals surface area contributed by atoms with E-state index in [-0.39, 0.29) is 17.3 Å². The van der Waals surface area contributed by atoms with Crippen LogP contribution in [0.2, 0.25) is 0 Å². The molecule has 0 saturated carbocycles. The molecule has 0 heterocycles. The van der Waals surface area contributed by atoms with E-state index in [9.17, 15) is 13.2 Å². The molecule has 0 aromatic rings. The Balaban J connectivity index is 3.51. The average molecular weight is 250 g/mol. The van der Waals surface area contributed by atoms with Gasteiger partial charge in [-0.1, -0.05) is 13.8 Å². The molecule has 0 N–H and O–H groups in total. The van der Waals surface area contributed by atoms with Crippen LogP contribution in [0, 0.1) is 0 Å². The maximum Gasteiger partial charge on any atom is 0.150 e. The van der Waals surface area contributed by atoms with Crippen LogP contribution in [0.15, 0.2) is 0 Å². The lowest BCUT2D eigenvalue weighted by Crippen LogP contribution is -2.11. The van der Waals surface area contributed by atoms with Crippen molar-refractivity contribution in [2.24, 2.45) is 0 Å². The normalized spacial score (nSPS) is 11.6. The quantitative estimate of drug-likeness (QED) is 0.552. The highest BCUT2D eigenvalue weighted by Crippen LogP contribution is 2.00. The summed E-state index contributed by atoms with van der Waals surface area (Å²) in [6.45, 7) is 4.76. The van der Waals surface area contributed by atoms with Crippen LogP contribution in [0.3, 0.4) is 0 Å². The Morgan fingerprint density at radius 2 is 1.81 bits per heavy atom. The zero-order chi connectivity index (χ0) is 12.4. The maximum absolute atomic E-state index is 11.3. The predicted octanol–water partition coefficient (Wildman–Crippen LogP) is 1.59. The minimum Gasteiger partial charge on any atom is -0.381 e. The maximum atomic E-state index is 11.3. The van der Waals surface area contributed by atoms with Crippen molar-refractivity contribution in [3.05, 3.63) is 0 Å². The fourth-order valence-electron chi connectivity index (χ4n) is 1.19. The van der Waals surface area contributed by atoms with Crippen molar-refractivity contribution in [3.63, 3.8) is 0 Å². The SMILES string of the molecule is CCCOCCC(=O)CCCS(=O)(=O)CC. The summed E-state index contributed by atoms with van der Waals surface area (Å²) in [6, 6.07) is 0. The van der Waals surface area contributed by atoms with Crippen LogP contribution in [0.1, 0.15) is 39.5 Å². The molecule has 0 unspecified atom stereocenters. The molecule has 0 spiro atoms. The van der Waals surface area contributed by atoms with Gasteiger partial charge in [0.15, 0.2) is 0 Å². The molecule has 96 valence electrons. The van der Waals surface area contributed by atoms with Crippen LogP contribution in [-0.2, 0) is 19.4 Å². The number of sulfone groups is 1. The molecule has 0 saturated heterocycles. The van der Waals surface area contributed by atoms with Gasteiger partial charge in [0.05, 0.1) is 12.4 Å². The van der Waals surface area contributed by atoms with Crippen molar-refractivity contribution in [2.75, 3.05) is 24.7 Å².